The predicted molar refractivity (Wildman–Crippen MR) is 80.2 cm³/mol. The van der Waals surface area contributed by atoms with Gasteiger partial charge in [-0.2, -0.15) is 0 Å². The van der Waals surface area contributed by atoms with E-state index in [2.05, 4.69) is 15.3 Å². The number of rotatable bonds is 2. The van der Waals surface area contributed by atoms with Crippen LogP contribution in [0.1, 0.15) is 70.6 Å². The van der Waals surface area contributed by atoms with Crippen LogP contribution in [0, 0.1) is 0 Å². The third-order valence-electron chi connectivity index (χ3n) is 4.04. The maximum atomic E-state index is 4.08. The zero-order valence-corrected chi connectivity index (χ0v) is 12.0. The maximum absolute atomic E-state index is 4.08. The molecule has 106 valence electrons. The highest BCUT2D eigenvalue weighted by Gasteiger charge is 2.09. The van der Waals surface area contributed by atoms with Gasteiger partial charge in [0.2, 0.25) is 0 Å². The van der Waals surface area contributed by atoms with Gasteiger partial charge in [0.05, 0.1) is 18.1 Å². The highest BCUT2D eigenvalue weighted by molar-refractivity contribution is 5.38. The van der Waals surface area contributed by atoms with E-state index in [4.69, 9.17) is 0 Å². The van der Waals surface area contributed by atoms with Crippen molar-refractivity contribution in [2.75, 3.05) is 5.32 Å². The fraction of sp³-hybridized carbons (Fsp3) is 0.750. The van der Waals surface area contributed by atoms with E-state index in [0.29, 0.717) is 6.04 Å². The number of nitrogens with zero attached hydrogens (tertiary/aromatic N) is 2. The second kappa shape index (κ2) is 8.89. The van der Waals surface area contributed by atoms with Gasteiger partial charge in [0, 0.05) is 6.04 Å². The van der Waals surface area contributed by atoms with Crippen molar-refractivity contribution in [1.29, 1.82) is 0 Å². The first-order valence-corrected chi connectivity index (χ1v) is 7.97. The standard InChI is InChI=1S/C16H27N3/c1-2-4-6-8-10-15(11-9-7-5-3-1)19-16-12-17-14-18-13-16/h12-15,19H,1-11H2. The van der Waals surface area contributed by atoms with E-state index in [1.54, 1.807) is 6.33 Å². The van der Waals surface area contributed by atoms with Crippen molar-refractivity contribution in [1.82, 2.24) is 9.97 Å². The van der Waals surface area contributed by atoms with Crippen LogP contribution in [-0.4, -0.2) is 16.0 Å². The predicted octanol–water partition coefficient (Wildman–Crippen LogP) is 4.56. The largest absolute Gasteiger partial charge is 0.380 e. The number of nitrogens with one attached hydrogen (secondary N) is 1. The fourth-order valence-electron chi connectivity index (χ4n) is 2.92. The van der Waals surface area contributed by atoms with Crippen LogP contribution in [0.15, 0.2) is 18.7 Å². The van der Waals surface area contributed by atoms with Gasteiger partial charge in [0.25, 0.3) is 0 Å². The van der Waals surface area contributed by atoms with Crippen molar-refractivity contribution in [3.8, 4) is 0 Å². The summed E-state index contributed by atoms with van der Waals surface area (Å²) in [7, 11) is 0. The van der Waals surface area contributed by atoms with Gasteiger partial charge in [0.15, 0.2) is 0 Å². The summed E-state index contributed by atoms with van der Waals surface area (Å²) in [5.74, 6) is 0. The van der Waals surface area contributed by atoms with E-state index in [0.717, 1.165) is 5.69 Å². The van der Waals surface area contributed by atoms with Gasteiger partial charge in [-0.15, -0.1) is 0 Å². The Morgan fingerprint density at radius 3 is 1.74 bits per heavy atom. The van der Waals surface area contributed by atoms with Crippen LogP contribution < -0.4 is 5.32 Å². The minimum atomic E-state index is 0.602. The van der Waals surface area contributed by atoms with Gasteiger partial charge in [-0.3, -0.25) is 0 Å². The van der Waals surface area contributed by atoms with Gasteiger partial charge >= 0.3 is 0 Å². The number of hydrogen-bond donors (Lipinski definition) is 1. The SMILES string of the molecule is c1ncc(NC2CCCCCCCCCCC2)cn1. The molecule has 0 saturated heterocycles. The van der Waals surface area contributed by atoms with E-state index < -0.39 is 0 Å². The van der Waals surface area contributed by atoms with E-state index in [1.165, 1.54) is 70.6 Å². The molecule has 0 amide bonds. The van der Waals surface area contributed by atoms with Crippen LogP contribution in [0.25, 0.3) is 0 Å². The summed E-state index contributed by atoms with van der Waals surface area (Å²) in [6, 6.07) is 0.602. The van der Waals surface area contributed by atoms with Crippen molar-refractivity contribution >= 4 is 5.69 Å². The van der Waals surface area contributed by atoms with E-state index in [1.807, 2.05) is 12.4 Å². The molecule has 1 aliphatic rings. The molecule has 0 radical (unpaired) electrons. The molecule has 1 N–H and O–H groups in total. The Morgan fingerprint density at radius 1 is 0.737 bits per heavy atom. The zero-order valence-electron chi connectivity index (χ0n) is 12.0. The summed E-state index contributed by atoms with van der Waals surface area (Å²) in [5, 5.41) is 3.61. The van der Waals surface area contributed by atoms with Crippen LogP contribution in [-0.2, 0) is 0 Å². The first-order valence-electron chi connectivity index (χ1n) is 7.97. The Labute approximate surface area is 117 Å². The molecule has 1 aromatic rings. The number of aromatic nitrogens is 2. The van der Waals surface area contributed by atoms with Gasteiger partial charge < -0.3 is 5.32 Å². The Kier molecular flexibility index (Phi) is 6.69. The molecule has 1 fully saturated rings. The molecule has 1 aromatic heterocycles. The van der Waals surface area contributed by atoms with E-state index in [9.17, 15) is 0 Å². The number of hydrogen-bond acceptors (Lipinski definition) is 3. The smallest absolute Gasteiger partial charge is 0.115 e. The van der Waals surface area contributed by atoms with Crippen LogP contribution in [0.2, 0.25) is 0 Å². The summed E-state index contributed by atoms with van der Waals surface area (Å²) < 4.78 is 0. The second-order valence-electron chi connectivity index (χ2n) is 5.73. The Morgan fingerprint density at radius 2 is 1.21 bits per heavy atom. The van der Waals surface area contributed by atoms with Gasteiger partial charge in [-0.1, -0.05) is 57.8 Å². The summed E-state index contributed by atoms with van der Waals surface area (Å²) >= 11 is 0. The molecule has 0 atom stereocenters. The molecular weight excluding hydrogens is 234 g/mol. The van der Waals surface area contributed by atoms with Crippen LogP contribution in [0.4, 0.5) is 5.69 Å². The Bertz CT molecular complexity index is 314. The lowest BCUT2D eigenvalue weighted by Gasteiger charge is -2.20. The molecule has 2 rings (SSSR count). The third-order valence-corrected chi connectivity index (χ3v) is 4.04. The van der Waals surface area contributed by atoms with Gasteiger partial charge in [0.1, 0.15) is 6.33 Å². The summed E-state index contributed by atoms with van der Waals surface area (Å²) in [6.45, 7) is 0. The molecular formula is C16H27N3. The molecule has 0 bridgehead atoms. The molecule has 19 heavy (non-hydrogen) atoms. The molecule has 1 heterocycles. The monoisotopic (exact) mass is 261 g/mol. The maximum Gasteiger partial charge on any atom is 0.115 e. The molecule has 0 aromatic carbocycles. The van der Waals surface area contributed by atoms with Crippen molar-refractivity contribution in [2.45, 2.75) is 76.7 Å². The van der Waals surface area contributed by atoms with Crippen LogP contribution in [0.5, 0.6) is 0 Å². The molecule has 0 unspecified atom stereocenters. The lowest BCUT2D eigenvalue weighted by molar-refractivity contribution is 0.480. The van der Waals surface area contributed by atoms with E-state index in [-0.39, 0.29) is 0 Å². The minimum Gasteiger partial charge on any atom is -0.380 e. The van der Waals surface area contributed by atoms with Gasteiger partial charge in [-0.05, 0) is 12.8 Å². The Balaban J connectivity index is 1.81. The normalized spacial score (nSPS) is 20.2. The summed E-state index contributed by atoms with van der Waals surface area (Å²) in [6.07, 6.45) is 20.6. The van der Waals surface area contributed by atoms with Crippen molar-refractivity contribution < 1.29 is 0 Å². The first kappa shape index (κ1) is 14.3. The van der Waals surface area contributed by atoms with Crippen molar-refractivity contribution in [3.63, 3.8) is 0 Å². The molecule has 1 aliphatic carbocycles. The van der Waals surface area contributed by atoms with Crippen molar-refractivity contribution in [2.24, 2.45) is 0 Å². The highest BCUT2D eigenvalue weighted by Crippen LogP contribution is 2.19. The third kappa shape index (κ3) is 6.04. The van der Waals surface area contributed by atoms with Gasteiger partial charge in [-0.25, -0.2) is 9.97 Å². The quantitative estimate of drug-likeness (QED) is 0.848. The molecule has 0 spiro atoms. The first-order chi connectivity index (χ1) is 9.45. The average Bonchev–Trinajstić information content (AvgIpc) is 2.43. The molecule has 3 nitrogen and oxygen atoms in total. The molecule has 0 aliphatic heterocycles. The second-order valence-corrected chi connectivity index (χ2v) is 5.73. The topological polar surface area (TPSA) is 37.8 Å². The highest BCUT2D eigenvalue weighted by atomic mass is 15.0. The van der Waals surface area contributed by atoms with Crippen LogP contribution in [0.3, 0.4) is 0 Å². The number of anilines is 1. The summed E-state index contributed by atoms with van der Waals surface area (Å²) in [5.41, 5.74) is 1.07. The Hall–Kier alpha value is -1.12. The molecule has 3 heteroatoms. The average molecular weight is 261 g/mol. The lowest BCUT2D eigenvalue weighted by Crippen LogP contribution is -2.19. The van der Waals surface area contributed by atoms with Crippen molar-refractivity contribution in [3.05, 3.63) is 18.7 Å². The summed E-state index contributed by atoms with van der Waals surface area (Å²) in [4.78, 5) is 8.16. The zero-order chi connectivity index (χ0) is 13.2. The lowest BCUT2D eigenvalue weighted by atomic mass is 9.98. The van der Waals surface area contributed by atoms with E-state index >= 15 is 0 Å². The fourth-order valence-corrected chi connectivity index (χ4v) is 2.92. The molecule has 1 saturated carbocycles. The van der Waals surface area contributed by atoms with Crippen LogP contribution >= 0.6 is 0 Å². The minimum absolute atomic E-state index is 0.602.